The Kier molecular flexibility index (Phi) is 9.28. The predicted octanol–water partition coefficient (Wildman–Crippen LogP) is 3.58. The van der Waals surface area contributed by atoms with Gasteiger partial charge in [0.05, 0.1) is 24.3 Å². The molecule has 12 nitrogen and oxygen atoms in total. The number of aryl methyl sites for hydroxylation is 1. The Hall–Kier alpha value is -4.81. The van der Waals surface area contributed by atoms with Crippen LogP contribution in [0.2, 0.25) is 0 Å². The van der Waals surface area contributed by atoms with Crippen molar-refractivity contribution in [1.29, 1.82) is 0 Å². The fraction of sp³-hybridized carbons (Fsp3) is 0.323. The average molecular weight is 586 g/mol. The van der Waals surface area contributed by atoms with Crippen molar-refractivity contribution in [2.24, 2.45) is 0 Å². The van der Waals surface area contributed by atoms with E-state index < -0.39 is 11.4 Å². The lowest BCUT2D eigenvalue weighted by Gasteiger charge is -2.27. The predicted molar refractivity (Wildman–Crippen MR) is 165 cm³/mol. The van der Waals surface area contributed by atoms with Gasteiger partial charge in [0, 0.05) is 70.0 Å². The van der Waals surface area contributed by atoms with Crippen LogP contribution in [0.4, 0.5) is 16.3 Å². The Morgan fingerprint density at radius 2 is 1.86 bits per heavy atom. The highest BCUT2D eigenvalue weighted by molar-refractivity contribution is 5.98. The maximum atomic E-state index is 13.3. The number of benzene rings is 1. The summed E-state index contributed by atoms with van der Waals surface area (Å²) < 4.78 is 7.15. The number of carbonyl (C=O) groups excluding carboxylic acids is 1. The molecule has 3 aromatic heterocycles. The van der Waals surface area contributed by atoms with Crippen LogP contribution in [0.25, 0.3) is 22.3 Å². The summed E-state index contributed by atoms with van der Waals surface area (Å²) in [5.74, 6) is -1.03. The lowest BCUT2D eigenvalue weighted by Crippen LogP contribution is -2.39. The average Bonchev–Trinajstić information content (AvgIpc) is 3.02. The van der Waals surface area contributed by atoms with Crippen molar-refractivity contribution in [3.05, 3.63) is 82.3 Å². The Morgan fingerprint density at radius 3 is 2.53 bits per heavy atom. The molecule has 0 unspecified atom stereocenters. The number of amides is 2. The first-order valence-corrected chi connectivity index (χ1v) is 14.2. The third-order valence-corrected chi connectivity index (χ3v) is 7.38. The van der Waals surface area contributed by atoms with Crippen LogP contribution >= 0.6 is 0 Å². The molecule has 1 aliphatic heterocycles. The molecule has 0 bridgehead atoms. The fourth-order valence-electron chi connectivity index (χ4n) is 5.10. The van der Waals surface area contributed by atoms with Crippen molar-refractivity contribution in [3.8, 4) is 11.3 Å². The van der Waals surface area contributed by atoms with E-state index in [9.17, 15) is 19.5 Å². The molecule has 43 heavy (non-hydrogen) atoms. The Morgan fingerprint density at radius 1 is 1.09 bits per heavy atom. The van der Waals surface area contributed by atoms with Gasteiger partial charge in [0.15, 0.2) is 0 Å². The largest absolute Gasteiger partial charge is 0.477 e. The number of hydrogen-bond acceptors (Lipinski definition) is 8. The van der Waals surface area contributed by atoms with Gasteiger partial charge in [-0.15, -0.1) is 0 Å². The molecule has 2 amide bonds. The zero-order valence-electron chi connectivity index (χ0n) is 24.2. The number of nitrogens with one attached hydrogen (secondary N) is 2. The van der Waals surface area contributed by atoms with E-state index in [0.29, 0.717) is 56.4 Å². The molecule has 4 aromatic rings. The van der Waals surface area contributed by atoms with Gasteiger partial charge < -0.3 is 29.9 Å². The number of hydrogen-bond donors (Lipinski definition) is 3. The molecule has 224 valence electrons. The van der Waals surface area contributed by atoms with Gasteiger partial charge in [0.1, 0.15) is 17.0 Å². The Labute approximate surface area is 248 Å². The third kappa shape index (κ3) is 6.82. The van der Waals surface area contributed by atoms with Gasteiger partial charge in [-0.2, -0.15) is 0 Å². The summed E-state index contributed by atoms with van der Waals surface area (Å²) >= 11 is 0. The molecule has 1 saturated heterocycles. The topological polar surface area (TPSA) is 142 Å². The molecule has 0 radical (unpaired) electrons. The van der Waals surface area contributed by atoms with Gasteiger partial charge in [-0.1, -0.05) is 18.2 Å². The number of carboxylic acids is 1. The number of carboxylic acid groups (broad SMARTS) is 1. The number of morpholine rings is 1. The molecule has 0 saturated carbocycles. The van der Waals surface area contributed by atoms with Gasteiger partial charge in [-0.3, -0.25) is 14.7 Å². The van der Waals surface area contributed by atoms with E-state index >= 15 is 0 Å². The molecule has 5 rings (SSSR count). The highest BCUT2D eigenvalue weighted by Gasteiger charge is 2.23. The van der Waals surface area contributed by atoms with Gasteiger partial charge in [-0.25, -0.2) is 14.6 Å². The molecule has 0 atom stereocenters. The summed E-state index contributed by atoms with van der Waals surface area (Å²) in [7, 11) is 1.71. The van der Waals surface area contributed by atoms with Crippen LogP contribution in [0.5, 0.6) is 0 Å². The molecular formula is C31H35N7O5. The van der Waals surface area contributed by atoms with E-state index in [0.717, 1.165) is 24.2 Å². The van der Waals surface area contributed by atoms with E-state index in [1.807, 2.05) is 31.2 Å². The molecule has 3 N–H and O–H groups in total. The van der Waals surface area contributed by atoms with Crippen LogP contribution in [-0.2, 0) is 17.8 Å². The minimum absolute atomic E-state index is 0.238. The van der Waals surface area contributed by atoms with E-state index in [1.165, 1.54) is 0 Å². The summed E-state index contributed by atoms with van der Waals surface area (Å²) in [4.78, 5) is 50.9. The molecule has 4 heterocycles. The highest BCUT2D eigenvalue weighted by atomic mass is 16.5. The minimum Gasteiger partial charge on any atom is -0.477 e. The lowest BCUT2D eigenvalue weighted by atomic mass is 10.1. The van der Waals surface area contributed by atoms with Crippen molar-refractivity contribution < 1.29 is 19.4 Å². The van der Waals surface area contributed by atoms with Gasteiger partial charge in [0.2, 0.25) is 5.43 Å². The van der Waals surface area contributed by atoms with Crippen LogP contribution < -0.4 is 16.1 Å². The number of fused-ring (bicyclic) bond motifs is 1. The van der Waals surface area contributed by atoms with E-state index in [4.69, 9.17) is 9.72 Å². The number of anilines is 2. The second-order valence-corrected chi connectivity index (χ2v) is 10.3. The number of nitrogens with zero attached hydrogens (tertiary/aromatic N) is 5. The zero-order valence-corrected chi connectivity index (χ0v) is 24.2. The summed E-state index contributed by atoms with van der Waals surface area (Å²) in [6.45, 7) is 6.82. The van der Waals surface area contributed by atoms with Crippen LogP contribution in [-0.4, -0.2) is 87.9 Å². The SMILES string of the molecule is CCn1c(NCCN2CCOCC2)c(C(=O)O)c(=O)c2ccc(-c3ccc(NC(=O)N(C)Cc4cccnc4)cc3)nc21. The summed E-state index contributed by atoms with van der Waals surface area (Å²) in [5.41, 5.74) is 2.47. The molecule has 0 aliphatic carbocycles. The van der Waals surface area contributed by atoms with Gasteiger partial charge in [-0.05, 0) is 42.8 Å². The number of carbonyl (C=O) groups is 2. The standard InChI is InChI=1S/C31H35N7O5/c1-3-38-28-24(27(39)26(30(40)41)29(38)33-13-14-37-15-17-43-18-16-37)10-11-25(35-28)22-6-8-23(9-7-22)34-31(42)36(2)20-21-5-4-12-32-19-21/h4-12,19,33H,3,13-18,20H2,1-2H3,(H,34,42)(H,40,41). The Bertz CT molecular complexity index is 1650. The van der Waals surface area contributed by atoms with E-state index in [-0.39, 0.29) is 22.8 Å². The van der Waals surface area contributed by atoms with Crippen molar-refractivity contribution >= 4 is 34.5 Å². The monoisotopic (exact) mass is 585 g/mol. The molecule has 1 fully saturated rings. The molecule has 1 aliphatic rings. The van der Waals surface area contributed by atoms with E-state index in [2.05, 4.69) is 20.5 Å². The molecule has 1 aromatic carbocycles. The first-order chi connectivity index (χ1) is 20.9. The van der Waals surface area contributed by atoms with Crippen LogP contribution in [0.1, 0.15) is 22.8 Å². The molecule has 0 spiro atoms. The number of pyridine rings is 3. The third-order valence-electron chi connectivity index (χ3n) is 7.38. The number of ether oxygens (including phenoxy) is 1. The summed E-state index contributed by atoms with van der Waals surface area (Å²) in [6, 6.07) is 14.1. The highest BCUT2D eigenvalue weighted by Crippen LogP contribution is 2.25. The van der Waals surface area contributed by atoms with Crippen molar-refractivity contribution in [2.75, 3.05) is 57.1 Å². The van der Waals surface area contributed by atoms with Crippen molar-refractivity contribution in [3.63, 3.8) is 0 Å². The summed E-state index contributed by atoms with van der Waals surface area (Å²) in [5, 5.41) is 16.3. The van der Waals surface area contributed by atoms with Crippen LogP contribution in [0.15, 0.2) is 65.7 Å². The summed E-state index contributed by atoms with van der Waals surface area (Å²) in [6.07, 6.45) is 3.41. The van der Waals surface area contributed by atoms with Crippen molar-refractivity contribution in [1.82, 2.24) is 24.3 Å². The number of urea groups is 1. The second kappa shape index (κ2) is 13.4. The van der Waals surface area contributed by atoms with Gasteiger partial charge >= 0.3 is 12.0 Å². The smallest absolute Gasteiger partial charge is 0.343 e. The van der Waals surface area contributed by atoms with Gasteiger partial charge in [0.25, 0.3) is 0 Å². The van der Waals surface area contributed by atoms with E-state index in [1.54, 1.807) is 53.2 Å². The number of rotatable bonds is 10. The maximum Gasteiger partial charge on any atom is 0.343 e. The Balaban J connectivity index is 1.37. The zero-order chi connectivity index (χ0) is 30.3. The minimum atomic E-state index is -1.28. The number of aromatic carboxylic acids is 1. The van der Waals surface area contributed by atoms with Crippen molar-refractivity contribution in [2.45, 2.75) is 20.0 Å². The van der Waals surface area contributed by atoms with Crippen LogP contribution in [0.3, 0.4) is 0 Å². The number of aromatic nitrogens is 3. The lowest BCUT2D eigenvalue weighted by molar-refractivity contribution is 0.0398. The molecule has 12 heteroatoms. The van der Waals surface area contributed by atoms with Crippen LogP contribution in [0, 0.1) is 0 Å². The first-order valence-electron chi connectivity index (χ1n) is 14.2. The normalized spacial score (nSPS) is 13.5. The first kappa shape index (κ1) is 29.7. The molecular weight excluding hydrogens is 550 g/mol. The fourth-order valence-corrected chi connectivity index (χ4v) is 5.10. The second-order valence-electron chi connectivity index (χ2n) is 10.3. The quantitative estimate of drug-likeness (QED) is 0.255. The maximum absolute atomic E-state index is 13.3.